The van der Waals surface area contributed by atoms with Crippen molar-refractivity contribution in [1.29, 1.82) is 0 Å². The van der Waals surface area contributed by atoms with Crippen molar-refractivity contribution in [3.05, 3.63) is 29.8 Å². The van der Waals surface area contributed by atoms with Gasteiger partial charge in [-0.3, -0.25) is 9.59 Å². The molecule has 0 spiro atoms. The van der Waals surface area contributed by atoms with E-state index in [1.54, 1.807) is 23.1 Å². The molecule has 0 bridgehead atoms. The van der Waals surface area contributed by atoms with Crippen molar-refractivity contribution >= 4 is 17.6 Å². The summed E-state index contributed by atoms with van der Waals surface area (Å²) in [6, 6.07) is 7.21. The second kappa shape index (κ2) is 5.84. The lowest BCUT2D eigenvalue weighted by molar-refractivity contribution is -0.138. The minimum absolute atomic E-state index is 0.0790. The minimum atomic E-state index is -0.885. The lowest BCUT2D eigenvalue weighted by Gasteiger charge is -2.17. The number of fused-ring (bicyclic) bond motifs is 1. The highest BCUT2D eigenvalue weighted by Gasteiger charge is 2.35. The number of hydrogen-bond acceptors (Lipinski definition) is 3. The molecule has 5 heteroatoms. The zero-order valence-electron chi connectivity index (χ0n) is 10.9. The number of carbonyl (C=O) groups excluding carboxylic acids is 1. The van der Waals surface area contributed by atoms with Gasteiger partial charge in [0.2, 0.25) is 5.91 Å². The third-order valence-corrected chi connectivity index (χ3v) is 3.27. The summed E-state index contributed by atoms with van der Waals surface area (Å²) in [4.78, 5) is 24.9. The zero-order chi connectivity index (χ0) is 13.8. The molecule has 0 aromatic heterocycles. The molecule has 1 unspecified atom stereocenters. The van der Waals surface area contributed by atoms with Gasteiger partial charge in [-0.1, -0.05) is 25.1 Å². The van der Waals surface area contributed by atoms with Crippen LogP contribution in [0.15, 0.2) is 24.3 Å². The van der Waals surface area contributed by atoms with Crippen molar-refractivity contribution in [3.8, 4) is 0 Å². The Kier molecular flexibility index (Phi) is 4.16. The third kappa shape index (κ3) is 2.76. The monoisotopic (exact) mass is 262 g/mol. The Morgan fingerprint density at radius 3 is 2.84 bits per heavy atom. The SMILES string of the molecule is CCCNCC(=O)N1CC(C(=O)O)c2ccccc21. The fourth-order valence-corrected chi connectivity index (χ4v) is 2.32. The predicted molar refractivity (Wildman–Crippen MR) is 72.3 cm³/mol. The predicted octanol–water partition coefficient (Wildman–Crippen LogP) is 1.20. The van der Waals surface area contributed by atoms with Crippen LogP contribution in [0.5, 0.6) is 0 Å². The van der Waals surface area contributed by atoms with Crippen molar-refractivity contribution in [2.45, 2.75) is 19.3 Å². The summed E-state index contributed by atoms with van der Waals surface area (Å²) in [5, 5.41) is 12.3. The Morgan fingerprint density at radius 2 is 2.16 bits per heavy atom. The van der Waals surface area contributed by atoms with Crippen LogP contribution in [0.25, 0.3) is 0 Å². The summed E-state index contributed by atoms with van der Waals surface area (Å²) in [6.45, 7) is 3.28. The number of aliphatic carboxylic acids is 1. The maximum atomic E-state index is 12.1. The van der Waals surface area contributed by atoms with Crippen LogP contribution < -0.4 is 10.2 Å². The average molecular weight is 262 g/mol. The van der Waals surface area contributed by atoms with Gasteiger partial charge in [0.15, 0.2) is 0 Å². The first-order valence-electron chi connectivity index (χ1n) is 6.48. The molecule has 1 atom stereocenters. The quantitative estimate of drug-likeness (QED) is 0.782. The highest BCUT2D eigenvalue weighted by Crippen LogP contribution is 2.36. The van der Waals surface area contributed by atoms with Crippen molar-refractivity contribution in [2.24, 2.45) is 0 Å². The second-order valence-electron chi connectivity index (χ2n) is 4.63. The van der Waals surface area contributed by atoms with E-state index in [-0.39, 0.29) is 19.0 Å². The molecule has 1 aromatic carbocycles. The summed E-state index contributed by atoms with van der Waals surface area (Å²) < 4.78 is 0. The first-order chi connectivity index (χ1) is 9.15. The molecule has 19 heavy (non-hydrogen) atoms. The van der Waals surface area contributed by atoms with E-state index in [4.69, 9.17) is 0 Å². The van der Waals surface area contributed by atoms with Crippen LogP contribution in [-0.4, -0.2) is 36.6 Å². The molecule has 5 nitrogen and oxygen atoms in total. The molecule has 1 aliphatic rings. The number of anilines is 1. The largest absolute Gasteiger partial charge is 0.481 e. The highest BCUT2D eigenvalue weighted by atomic mass is 16.4. The number of nitrogens with zero attached hydrogens (tertiary/aromatic N) is 1. The fraction of sp³-hybridized carbons (Fsp3) is 0.429. The van der Waals surface area contributed by atoms with E-state index >= 15 is 0 Å². The van der Waals surface area contributed by atoms with Gasteiger partial charge in [0, 0.05) is 12.2 Å². The first-order valence-corrected chi connectivity index (χ1v) is 6.48. The minimum Gasteiger partial charge on any atom is -0.481 e. The molecular formula is C14H18N2O3. The summed E-state index contributed by atoms with van der Waals surface area (Å²) >= 11 is 0. The Hall–Kier alpha value is -1.88. The van der Waals surface area contributed by atoms with Crippen LogP contribution in [0, 0.1) is 0 Å². The van der Waals surface area contributed by atoms with Gasteiger partial charge >= 0.3 is 5.97 Å². The standard InChI is InChI=1S/C14H18N2O3/c1-2-7-15-8-13(17)16-9-11(14(18)19)10-5-3-4-6-12(10)16/h3-6,11,15H,2,7-9H2,1H3,(H,18,19). The van der Waals surface area contributed by atoms with Crippen molar-refractivity contribution < 1.29 is 14.7 Å². The van der Waals surface area contributed by atoms with Crippen LogP contribution in [0.4, 0.5) is 5.69 Å². The number of para-hydroxylation sites is 1. The molecule has 102 valence electrons. The van der Waals surface area contributed by atoms with Gasteiger partial charge in [0.1, 0.15) is 5.92 Å². The van der Waals surface area contributed by atoms with Gasteiger partial charge in [-0.05, 0) is 24.6 Å². The van der Waals surface area contributed by atoms with E-state index in [1.807, 2.05) is 13.0 Å². The van der Waals surface area contributed by atoms with E-state index in [1.165, 1.54) is 0 Å². The maximum absolute atomic E-state index is 12.1. The normalized spacial score (nSPS) is 17.3. The van der Waals surface area contributed by atoms with E-state index in [0.717, 1.165) is 24.2 Å². The van der Waals surface area contributed by atoms with E-state index in [0.29, 0.717) is 0 Å². The Morgan fingerprint density at radius 1 is 1.42 bits per heavy atom. The first kappa shape index (κ1) is 13.5. The van der Waals surface area contributed by atoms with Gasteiger partial charge in [-0.2, -0.15) is 0 Å². The van der Waals surface area contributed by atoms with E-state index in [9.17, 15) is 14.7 Å². The fourth-order valence-electron chi connectivity index (χ4n) is 2.32. The van der Waals surface area contributed by atoms with E-state index in [2.05, 4.69) is 5.32 Å². The summed E-state index contributed by atoms with van der Waals surface area (Å²) in [6.07, 6.45) is 0.960. The topological polar surface area (TPSA) is 69.6 Å². The number of hydrogen-bond donors (Lipinski definition) is 2. The van der Waals surface area contributed by atoms with Crippen molar-refractivity contribution in [1.82, 2.24) is 5.32 Å². The Bertz CT molecular complexity index is 487. The summed E-state index contributed by atoms with van der Waals surface area (Å²) in [5.41, 5.74) is 1.44. The second-order valence-corrected chi connectivity index (χ2v) is 4.63. The maximum Gasteiger partial charge on any atom is 0.312 e. The molecule has 2 rings (SSSR count). The molecule has 2 N–H and O–H groups in total. The smallest absolute Gasteiger partial charge is 0.312 e. The molecule has 0 saturated heterocycles. The lowest BCUT2D eigenvalue weighted by Crippen LogP contribution is -2.38. The lowest BCUT2D eigenvalue weighted by atomic mass is 10.0. The molecule has 0 radical (unpaired) electrons. The Labute approximate surface area is 112 Å². The molecular weight excluding hydrogens is 244 g/mol. The molecule has 0 fully saturated rings. The van der Waals surface area contributed by atoms with Gasteiger partial charge in [0.25, 0.3) is 0 Å². The van der Waals surface area contributed by atoms with Crippen LogP contribution in [0.2, 0.25) is 0 Å². The van der Waals surface area contributed by atoms with Crippen LogP contribution in [0.1, 0.15) is 24.8 Å². The number of carboxylic acids is 1. The summed E-state index contributed by atoms with van der Waals surface area (Å²) in [5.74, 6) is -1.58. The average Bonchev–Trinajstić information content (AvgIpc) is 2.78. The molecule has 1 aliphatic heterocycles. The third-order valence-electron chi connectivity index (χ3n) is 3.27. The number of benzene rings is 1. The van der Waals surface area contributed by atoms with Crippen molar-refractivity contribution in [2.75, 3.05) is 24.5 Å². The van der Waals surface area contributed by atoms with Gasteiger partial charge in [0.05, 0.1) is 6.54 Å². The van der Waals surface area contributed by atoms with Crippen molar-refractivity contribution in [3.63, 3.8) is 0 Å². The van der Waals surface area contributed by atoms with Gasteiger partial charge in [-0.25, -0.2) is 0 Å². The molecule has 1 aromatic rings. The number of carbonyl (C=O) groups is 2. The molecule has 0 saturated carbocycles. The summed E-state index contributed by atoms with van der Waals surface area (Å²) in [7, 11) is 0. The van der Waals surface area contributed by atoms with Crippen LogP contribution >= 0.6 is 0 Å². The zero-order valence-corrected chi connectivity index (χ0v) is 10.9. The highest BCUT2D eigenvalue weighted by molar-refractivity contribution is 5.99. The van der Waals surface area contributed by atoms with Crippen LogP contribution in [0.3, 0.4) is 0 Å². The number of rotatable bonds is 5. The number of carboxylic acid groups (broad SMARTS) is 1. The van der Waals surface area contributed by atoms with Gasteiger partial charge in [-0.15, -0.1) is 0 Å². The molecule has 1 amide bonds. The van der Waals surface area contributed by atoms with Gasteiger partial charge < -0.3 is 15.3 Å². The number of nitrogens with one attached hydrogen (secondary N) is 1. The molecule has 1 heterocycles. The Balaban J connectivity index is 2.15. The number of amides is 1. The van der Waals surface area contributed by atoms with E-state index < -0.39 is 11.9 Å². The van der Waals surface area contributed by atoms with Crippen LogP contribution in [-0.2, 0) is 9.59 Å². The molecule has 0 aliphatic carbocycles.